The first-order valence-corrected chi connectivity index (χ1v) is 4.82. The Morgan fingerprint density at radius 1 is 1.50 bits per heavy atom. The summed E-state index contributed by atoms with van der Waals surface area (Å²) in [5.74, 6) is 0. The van der Waals surface area contributed by atoms with Gasteiger partial charge in [-0.2, -0.15) is 10.4 Å². The van der Waals surface area contributed by atoms with Crippen LogP contribution in [-0.2, 0) is 7.05 Å². The van der Waals surface area contributed by atoms with Gasteiger partial charge >= 0.3 is 0 Å². The maximum Gasteiger partial charge on any atom is 0.142 e. The van der Waals surface area contributed by atoms with Crippen molar-refractivity contribution >= 4 is 11.4 Å². The topological polar surface area (TPSA) is 66.5 Å². The van der Waals surface area contributed by atoms with Gasteiger partial charge in [0.15, 0.2) is 0 Å². The number of aryl methyl sites for hydroxylation is 2. The third-order valence-corrected chi connectivity index (χ3v) is 2.17. The summed E-state index contributed by atoms with van der Waals surface area (Å²) in [4.78, 5) is 3.91. The second kappa shape index (κ2) is 4.03. The van der Waals surface area contributed by atoms with E-state index in [9.17, 15) is 0 Å². The highest BCUT2D eigenvalue weighted by Crippen LogP contribution is 2.18. The summed E-state index contributed by atoms with van der Waals surface area (Å²) in [7, 11) is 1.87. The molecule has 0 saturated heterocycles. The molecular formula is C11H11N5. The minimum absolute atomic E-state index is 0.395. The number of nitrogens with zero attached hydrogens (tertiary/aromatic N) is 4. The monoisotopic (exact) mass is 213 g/mol. The third-order valence-electron chi connectivity index (χ3n) is 2.17. The summed E-state index contributed by atoms with van der Waals surface area (Å²) in [5.41, 5.74) is 3.07. The van der Waals surface area contributed by atoms with Crippen molar-refractivity contribution in [2.45, 2.75) is 6.92 Å². The van der Waals surface area contributed by atoms with Crippen LogP contribution in [0.5, 0.6) is 0 Å². The maximum atomic E-state index is 8.73. The zero-order chi connectivity index (χ0) is 11.5. The van der Waals surface area contributed by atoms with E-state index in [0.29, 0.717) is 5.69 Å². The van der Waals surface area contributed by atoms with Crippen molar-refractivity contribution in [3.8, 4) is 6.07 Å². The Balaban J connectivity index is 2.27. The molecule has 2 rings (SSSR count). The molecule has 5 heteroatoms. The largest absolute Gasteiger partial charge is 0.353 e. The molecule has 2 aromatic rings. The van der Waals surface area contributed by atoms with Crippen molar-refractivity contribution in [3.05, 3.63) is 35.9 Å². The minimum Gasteiger partial charge on any atom is -0.353 e. The van der Waals surface area contributed by atoms with Crippen molar-refractivity contribution in [3.63, 3.8) is 0 Å². The fraction of sp³-hybridized carbons (Fsp3) is 0.182. The number of hydrogen-bond acceptors (Lipinski definition) is 4. The van der Waals surface area contributed by atoms with E-state index in [1.807, 2.05) is 32.3 Å². The Hall–Kier alpha value is -2.35. The standard InChI is InChI=1S/C11H11N5/c1-8-11(7-16(2)15-8)14-9-3-4-13-10(5-9)6-12/h3-5,7H,1-2H3,(H,13,14). The van der Waals surface area contributed by atoms with Gasteiger partial charge in [0.25, 0.3) is 0 Å². The van der Waals surface area contributed by atoms with Gasteiger partial charge in [-0.3, -0.25) is 4.68 Å². The average Bonchev–Trinajstić information content (AvgIpc) is 2.58. The highest BCUT2D eigenvalue weighted by Gasteiger charge is 2.03. The summed E-state index contributed by atoms with van der Waals surface area (Å²) in [5, 5.41) is 16.1. The van der Waals surface area contributed by atoms with Crippen LogP contribution in [0.15, 0.2) is 24.5 Å². The lowest BCUT2D eigenvalue weighted by atomic mass is 10.3. The van der Waals surface area contributed by atoms with E-state index in [1.165, 1.54) is 0 Å². The zero-order valence-corrected chi connectivity index (χ0v) is 9.10. The van der Waals surface area contributed by atoms with Crippen molar-refractivity contribution in [2.24, 2.45) is 7.05 Å². The van der Waals surface area contributed by atoms with Crippen molar-refractivity contribution in [1.82, 2.24) is 14.8 Å². The summed E-state index contributed by atoms with van der Waals surface area (Å²) in [6.07, 6.45) is 3.49. The smallest absolute Gasteiger partial charge is 0.142 e. The first kappa shape index (κ1) is 10.2. The van der Waals surface area contributed by atoms with Crippen molar-refractivity contribution < 1.29 is 0 Å². The van der Waals surface area contributed by atoms with Crippen LogP contribution in [0.1, 0.15) is 11.4 Å². The van der Waals surface area contributed by atoms with Crippen LogP contribution in [0.4, 0.5) is 11.4 Å². The predicted molar refractivity (Wildman–Crippen MR) is 60.2 cm³/mol. The van der Waals surface area contributed by atoms with Gasteiger partial charge in [0.2, 0.25) is 0 Å². The number of hydrogen-bond donors (Lipinski definition) is 1. The van der Waals surface area contributed by atoms with Gasteiger partial charge < -0.3 is 5.32 Å². The van der Waals surface area contributed by atoms with E-state index >= 15 is 0 Å². The molecule has 1 N–H and O–H groups in total. The molecule has 5 nitrogen and oxygen atoms in total. The van der Waals surface area contributed by atoms with Crippen LogP contribution in [0, 0.1) is 18.3 Å². The molecule has 0 atom stereocenters. The quantitative estimate of drug-likeness (QED) is 0.825. The predicted octanol–water partition coefficient (Wildman–Crippen LogP) is 1.74. The van der Waals surface area contributed by atoms with E-state index in [2.05, 4.69) is 15.4 Å². The Morgan fingerprint density at radius 3 is 2.94 bits per heavy atom. The Bertz CT molecular complexity index is 550. The molecule has 2 aromatic heterocycles. The number of pyridine rings is 1. The van der Waals surface area contributed by atoms with Crippen LogP contribution in [0.25, 0.3) is 0 Å². The molecule has 0 bridgehead atoms. The molecule has 2 heterocycles. The normalized spacial score (nSPS) is 9.81. The van der Waals surface area contributed by atoms with Gasteiger partial charge in [0.1, 0.15) is 11.8 Å². The molecular weight excluding hydrogens is 202 g/mol. The fourth-order valence-corrected chi connectivity index (χ4v) is 1.45. The number of nitrogens with one attached hydrogen (secondary N) is 1. The number of nitriles is 1. The average molecular weight is 213 g/mol. The third kappa shape index (κ3) is 2.01. The minimum atomic E-state index is 0.395. The first-order chi connectivity index (χ1) is 7.69. The fourth-order valence-electron chi connectivity index (χ4n) is 1.45. The molecule has 0 spiro atoms. The highest BCUT2D eigenvalue weighted by molar-refractivity contribution is 5.61. The molecule has 0 aliphatic heterocycles. The molecule has 0 aliphatic carbocycles. The Labute approximate surface area is 93.4 Å². The Morgan fingerprint density at radius 2 is 2.31 bits per heavy atom. The van der Waals surface area contributed by atoms with E-state index in [-0.39, 0.29) is 0 Å². The molecule has 80 valence electrons. The van der Waals surface area contributed by atoms with Crippen LogP contribution in [-0.4, -0.2) is 14.8 Å². The van der Waals surface area contributed by atoms with Gasteiger partial charge in [-0.25, -0.2) is 4.98 Å². The summed E-state index contributed by atoms with van der Waals surface area (Å²) in [6, 6.07) is 5.51. The van der Waals surface area contributed by atoms with Gasteiger partial charge in [-0.15, -0.1) is 0 Å². The van der Waals surface area contributed by atoms with Crippen LogP contribution in [0.3, 0.4) is 0 Å². The molecule has 0 amide bonds. The van der Waals surface area contributed by atoms with Gasteiger partial charge in [0, 0.05) is 25.1 Å². The lowest BCUT2D eigenvalue weighted by molar-refractivity contribution is 0.756. The molecule has 16 heavy (non-hydrogen) atoms. The Kier molecular flexibility index (Phi) is 2.56. The maximum absolute atomic E-state index is 8.73. The molecule has 0 radical (unpaired) electrons. The highest BCUT2D eigenvalue weighted by atomic mass is 15.3. The second-order valence-electron chi connectivity index (χ2n) is 3.47. The lowest BCUT2D eigenvalue weighted by Crippen LogP contribution is -1.92. The molecule has 0 aliphatic rings. The van der Waals surface area contributed by atoms with Crippen LogP contribution in [0.2, 0.25) is 0 Å². The molecule has 0 aromatic carbocycles. The van der Waals surface area contributed by atoms with E-state index in [1.54, 1.807) is 16.9 Å². The molecule has 0 unspecified atom stereocenters. The van der Waals surface area contributed by atoms with Gasteiger partial charge in [-0.05, 0) is 19.1 Å². The molecule has 0 fully saturated rings. The van der Waals surface area contributed by atoms with Gasteiger partial charge in [-0.1, -0.05) is 0 Å². The number of aromatic nitrogens is 3. The number of anilines is 2. The first-order valence-electron chi connectivity index (χ1n) is 4.82. The van der Waals surface area contributed by atoms with Crippen molar-refractivity contribution in [1.29, 1.82) is 5.26 Å². The zero-order valence-electron chi connectivity index (χ0n) is 9.10. The summed E-state index contributed by atoms with van der Waals surface area (Å²) < 4.78 is 1.74. The van der Waals surface area contributed by atoms with Crippen molar-refractivity contribution in [2.75, 3.05) is 5.32 Å². The number of rotatable bonds is 2. The lowest BCUT2D eigenvalue weighted by Gasteiger charge is -2.03. The SMILES string of the molecule is Cc1nn(C)cc1Nc1ccnc(C#N)c1. The van der Waals surface area contributed by atoms with Crippen LogP contribution >= 0.6 is 0 Å². The van der Waals surface area contributed by atoms with E-state index < -0.39 is 0 Å². The second-order valence-corrected chi connectivity index (χ2v) is 3.47. The van der Waals surface area contributed by atoms with Gasteiger partial charge in [0.05, 0.1) is 11.4 Å². The van der Waals surface area contributed by atoms with E-state index in [0.717, 1.165) is 17.1 Å². The summed E-state index contributed by atoms with van der Waals surface area (Å²) in [6.45, 7) is 1.93. The van der Waals surface area contributed by atoms with Crippen LogP contribution < -0.4 is 5.32 Å². The van der Waals surface area contributed by atoms with E-state index in [4.69, 9.17) is 5.26 Å². The molecule has 0 saturated carbocycles. The summed E-state index contributed by atoms with van der Waals surface area (Å²) >= 11 is 0.